The minimum atomic E-state index is -3.71. The molecule has 16 heavy (non-hydrogen) atoms. The van der Waals surface area contributed by atoms with Crippen molar-refractivity contribution in [1.29, 1.82) is 0 Å². The minimum absolute atomic E-state index is 0.196. The number of H-pyrrole nitrogens is 2. The molecular formula is C8H10N4O3S. The van der Waals surface area contributed by atoms with Crippen LogP contribution in [0, 0.1) is 6.92 Å². The van der Waals surface area contributed by atoms with Crippen molar-refractivity contribution in [1.82, 2.24) is 19.9 Å². The number of aryl methyl sites for hydroxylation is 1. The molecule has 0 aliphatic heterocycles. The molecule has 0 aliphatic rings. The molecular weight excluding hydrogens is 232 g/mol. The van der Waals surface area contributed by atoms with Crippen molar-refractivity contribution in [2.75, 3.05) is 7.05 Å². The zero-order valence-electron chi connectivity index (χ0n) is 8.66. The van der Waals surface area contributed by atoms with E-state index < -0.39 is 15.6 Å². The summed E-state index contributed by atoms with van der Waals surface area (Å²) in [6.45, 7) is 1.69. The molecule has 0 amide bonds. The highest BCUT2D eigenvalue weighted by Gasteiger charge is 2.19. The fourth-order valence-corrected chi connectivity index (χ4v) is 2.30. The number of rotatable bonds is 2. The largest absolute Gasteiger partial charge is 0.310 e. The summed E-state index contributed by atoms with van der Waals surface area (Å²) in [5.41, 5.74) is 0.394. The number of hydrogen-bond donors (Lipinski definition) is 3. The molecule has 0 spiro atoms. The van der Waals surface area contributed by atoms with Crippen LogP contribution in [0.2, 0.25) is 0 Å². The molecule has 0 aliphatic carbocycles. The van der Waals surface area contributed by atoms with Crippen LogP contribution in [0.15, 0.2) is 15.9 Å². The highest BCUT2D eigenvalue weighted by Crippen LogP contribution is 2.18. The fourth-order valence-electron chi connectivity index (χ4n) is 1.44. The van der Waals surface area contributed by atoms with E-state index in [0.29, 0.717) is 16.6 Å². The Balaban J connectivity index is 2.95. The summed E-state index contributed by atoms with van der Waals surface area (Å²) >= 11 is 0. The lowest BCUT2D eigenvalue weighted by Crippen LogP contribution is -2.23. The molecule has 0 aromatic carbocycles. The van der Waals surface area contributed by atoms with Gasteiger partial charge in [-0.05, 0) is 14.0 Å². The molecule has 2 aromatic rings. The molecule has 0 fully saturated rings. The normalized spacial score (nSPS) is 12.1. The van der Waals surface area contributed by atoms with Gasteiger partial charge in [-0.25, -0.2) is 13.1 Å². The van der Waals surface area contributed by atoms with Gasteiger partial charge in [0, 0.05) is 11.5 Å². The molecule has 0 unspecified atom stereocenters. The standard InChI is InChI=1S/C8H10N4O3S/c1-4-5-3-6(13)10-8(7(5)12-11-4)16(14,15)9-2/h3,9H,1-2H3,(H,10,13)(H,11,12). The summed E-state index contributed by atoms with van der Waals surface area (Å²) in [6.07, 6.45) is 0. The van der Waals surface area contributed by atoms with Gasteiger partial charge in [0.25, 0.3) is 10.0 Å². The Kier molecular flexibility index (Phi) is 2.32. The number of aromatic amines is 2. The third kappa shape index (κ3) is 1.51. The van der Waals surface area contributed by atoms with Crippen LogP contribution in [0.3, 0.4) is 0 Å². The van der Waals surface area contributed by atoms with Crippen molar-refractivity contribution in [3.63, 3.8) is 0 Å². The summed E-state index contributed by atoms with van der Waals surface area (Å²) in [7, 11) is -2.44. The number of pyridine rings is 1. The summed E-state index contributed by atoms with van der Waals surface area (Å²) in [5, 5.41) is 6.76. The summed E-state index contributed by atoms with van der Waals surface area (Å²) in [5.74, 6) is 0. The van der Waals surface area contributed by atoms with Gasteiger partial charge in [-0.2, -0.15) is 5.10 Å². The van der Waals surface area contributed by atoms with Crippen LogP contribution in [-0.4, -0.2) is 30.6 Å². The second-order valence-corrected chi connectivity index (χ2v) is 5.09. The van der Waals surface area contributed by atoms with E-state index in [1.165, 1.54) is 13.1 Å². The SMILES string of the molecule is CNS(=O)(=O)c1[nH]c(=O)cc2c(C)n[nH]c12. The van der Waals surface area contributed by atoms with Crippen LogP contribution in [0.5, 0.6) is 0 Å². The van der Waals surface area contributed by atoms with Crippen molar-refractivity contribution >= 4 is 20.9 Å². The maximum Gasteiger partial charge on any atom is 0.258 e. The first kappa shape index (κ1) is 10.8. The van der Waals surface area contributed by atoms with Crippen LogP contribution in [0.1, 0.15) is 5.69 Å². The average Bonchev–Trinajstić information content (AvgIpc) is 2.59. The predicted octanol–water partition coefficient (Wildman–Crippen LogP) is -0.532. The summed E-state index contributed by atoms with van der Waals surface area (Å²) in [6, 6.07) is 1.31. The lowest BCUT2D eigenvalue weighted by molar-refractivity contribution is 0.585. The van der Waals surface area contributed by atoms with E-state index in [-0.39, 0.29) is 5.03 Å². The van der Waals surface area contributed by atoms with E-state index in [1.54, 1.807) is 6.92 Å². The maximum atomic E-state index is 11.6. The van der Waals surface area contributed by atoms with Gasteiger partial charge in [0.15, 0.2) is 5.03 Å². The van der Waals surface area contributed by atoms with E-state index in [1.807, 2.05) is 0 Å². The molecule has 0 radical (unpaired) electrons. The van der Waals surface area contributed by atoms with Crippen molar-refractivity contribution in [3.8, 4) is 0 Å². The third-order valence-electron chi connectivity index (χ3n) is 2.27. The Labute approximate surface area is 90.9 Å². The van der Waals surface area contributed by atoms with Crippen LogP contribution in [0.25, 0.3) is 10.9 Å². The van der Waals surface area contributed by atoms with E-state index in [9.17, 15) is 13.2 Å². The van der Waals surface area contributed by atoms with Crippen LogP contribution >= 0.6 is 0 Å². The Morgan fingerprint density at radius 2 is 2.12 bits per heavy atom. The first-order valence-corrected chi connectivity index (χ1v) is 5.95. The second kappa shape index (κ2) is 3.42. The van der Waals surface area contributed by atoms with Gasteiger partial charge in [0.05, 0.1) is 5.69 Å². The van der Waals surface area contributed by atoms with E-state index in [2.05, 4.69) is 19.9 Å². The van der Waals surface area contributed by atoms with Gasteiger partial charge in [0.2, 0.25) is 5.56 Å². The fraction of sp³-hybridized carbons (Fsp3) is 0.250. The molecule has 8 heteroatoms. The zero-order valence-corrected chi connectivity index (χ0v) is 9.47. The van der Waals surface area contributed by atoms with Crippen LogP contribution < -0.4 is 10.3 Å². The van der Waals surface area contributed by atoms with Crippen molar-refractivity contribution in [2.45, 2.75) is 11.9 Å². The monoisotopic (exact) mass is 242 g/mol. The number of nitrogens with zero attached hydrogens (tertiary/aromatic N) is 1. The first-order chi connectivity index (χ1) is 7.45. The van der Waals surface area contributed by atoms with Gasteiger partial charge < -0.3 is 4.98 Å². The molecule has 2 aromatic heterocycles. The smallest absolute Gasteiger partial charge is 0.258 e. The first-order valence-electron chi connectivity index (χ1n) is 4.47. The average molecular weight is 242 g/mol. The Morgan fingerprint density at radius 3 is 2.75 bits per heavy atom. The summed E-state index contributed by atoms with van der Waals surface area (Å²) in [4.78, 5) is 13.6. The van der Waals surface area contributed by atoms with Crippen LogP contribution in [-0.2, 0) is 10.0 Å². The zero-order chi connectivity index (χ0) is 11.9. The topological polar surface area (TPSA) is 108 Å². The molecule has 0 saturated heterocycles. The molecule has 0 bridgehead atoms. The van der Waals surface area contributed by atoms with E-state index >= 15 is 0 Å². The maximum absolute atomic E-state index is 11.6. The molecule has 0 saturated carbocycles. The molecule has 0 atom stereocenters. The Hall–Kier alpha value is -1.67. The predicted molar refractivity (Wildman–Crippen MR) is 57.7 cm³/mol. The lowest BCUT2D eigenvalue weighted by atomic mass is 10.3. The molecule has 2 rings (SSSR count). The molecule has 86 valence electrons. The van der Waals surface area contributed by atoms with Gasteiger partial charge in [-0.3, -0.25) is 9.89 Å². The highest BCUT2D eigenvalue weighted by molar-refractivity contribution is 7.89. The quantitative estimate of drug-likeness (QED) is 0.657. The number of hydrogen-bond acceptors (Lipinski definition) is 4. The van der Waals surface area contributed by atoms with Gasteiger partial charge in [-0.15, -0.1) is 0 Å². The second-order valence-electron chi connectivity index (χ2n) is 3.27. The van der Waals surface area contributed by atoms with Crippen LogP contribution in [0.4, 0.5) is 0 Å². The molecule has 3 N–H and O–H groups in total. The summed E-state index contributed by atoms with van der Waals surface area (Å²) < 4.78 is 25.4. The van der Waals surface area contributed by atoms with E-state index in [0.717, 1.165) is 0 Å². The van der Waals surface area contributed by atoms with Crippen molar-refractivity contribution in [2.24, 2.45) is 0 Å². The van der Waals surface area contributed by atoms with Gasteiger partial charge in [-0.1, -0.05) is 0 Å². The van der Waals surface area contributed by atoms with E-state index in [4.69, 9.17) is 0 Å². The van der Waals surface area contributed by atoms with Crippen molar-refractivity contribution < 1.29 is 8.42 Å². The number of fused-ring (bicyclic) bond motifs is 1. The van der Waals surface area contributed by atoms with Gasteiger partial charge in [0.1, 0.15) is 5.52 Å². The number of nitrogens with one attached hydrogen (secondary N) is 3. The minimum Gasteiger partial charge on any atom is -0.310 e. The Bertz CT molecular complexity index is 698. The third-order valence-corrected chi connectivity index (χ3v) is 3.65. The van der Waals surface area contributed by atoms with Crippen molar-refractivity contribution in [3.05, 3.63) is 22.1 Å². The number of aromatic nitrogens is 3. The van der Waals surface area contributed by atoms with Gasteiger partial charge >= 0.3 is 0 Å². The Morgan fingerprint density at radius 1 is 1.44 bits per heavy atom. The number of sulfonamides is 1. The molecule has 7 nitrogen and oxygen atoms in total. The lowest BCUT2D eigenvalue weighted by Gasteiger charge is -2.02. The molecule has 2 heterocycles. The highest BCUT2D eigenvalue weighted by atomic mass is 32.2.